The highest BCUT2D eigenvalue weighted by Gasteiger charge is 2.25. The predicted octanol–water partition coefficient (Wildman–Crippen LogP) is 4.49. The Kier molecular flexibility index (Phi) is 4.53. The summed E-state index contributed by atoms with van der Waals surface area (Å²) in [5.41, 5.74) is 6.29. The smallest absolute Gasteiger partial charge is 0.231 e. The highest BCUT2D eigenvalue weighted by molar-refractivity contribution is 5.66. The van der Waals surface area contributed by atoms with Crippen molar-refractivity contribution < 1.29 is 9.47 Å². The van der Waals surface area contributed by atoms with Gasteiger partial charge in [-0.15, -0.1) is 0 Å². The standard InChI is InChI=1S/C23H25N3O2/c1-16-4-2-5-18(10-16)20-12-24-25-23(20)19-6-3-9-26(14-19)13-17-7-8-21-22(11-17)28-15-27-21/h2,4-5,7-8,10-12,19H,3,6,9,13-15H2,1H3,(H,24,25). The van der Waals surface area contributed by atoms with Crippen molar-refractivity contribution in [1.29, 1.82) is 0 Å². The molecule has 0 radical (unpaired) electrons. The number of piperidine rings is 1. The lowest BCUT2D eigenvalue weighted by molar-refractivity contribution is 0.173. The number of fused-ring (bicyclic) bond motifs is 1. The van der Waals surface area contributed by atoms with Gasteiger partial charge in [0.2, 0.25) is 6.79 Å². The number of rotatable bonds is 4. The lowest BCUT2D eigenvalue weighted by Crippen LogP contribution is -2.34. The molecule has 1 N–H and O–H groups in total. The van der Waals surface area contributed by atoms with E-state index in [0.29, 0.717) is 12.7 Å². The summed E-state index contributed by atoms with van der Waals surface area (Å²) in [6.45, 7) is 5.55. The van der Waals surface area contributed by atoms with Crippen molar-refractivity contribution >= 4 is 0 Å². The normalized spacial score (nSPS) is 19.1. The molecule has 5 heteroatoms. The topological polar surface area (TPSA) is 50.4 Å². The number of aromatic nitrogens is 2. The highest BCUT2D eigenvalue weighted by Crippen LogP contribution is 2.35. The Morgan fingerprint density at radius 1 is 1.14 bits per heavy atom. The maximum Gasteiger partial charge on any atom is 0.231 e. The predicted molar refractivity (Wildman–Crippen MR) is 109 cm³/mol. The largest absolute Gasteiger partial charge is 0.454 e. The van der Waals surface area contributed by atoms with Gasteiger partial charge in [0, 0.05) is 30.3 Å². The molecule has 2 aliphatic heterocycles. The molecular weight excluding hydrogens is 350 g/mol. The minimum Gasteiger partial charge on any atom is -0.454 e. The van der Waals surface area contributed by atoms with Crippen LogP contribution in [-0.2, 0) is 6.54 Å². The Bertz CT molecular complexity index is 981. The average Bonchev–Trinajstić information content (AvgIpc) is 3.37. The molecule has 1 fully saturated rings. The quantitative estimate of drug-likeness (QED) is 0.730. The van der Waals surface area contributed by atoms with Crippen molar-refractivity contribution in [2.75, 3.05) is 19.9 Å². The monoisotopic (exact) mass is 375 g/mol. The zero-order chi connectivity index (χ0) is 18.9. The van der Waals surface area contributed by atoms with Crippen molar-refractivity contribution in [3.8, 4) is 22.6 Å². The van der Waals surface area contributed by atoms with Gasteiger partial charge in [0.05, 0.1) is 6.20 Å². The fraction of sp³-hybridized carbons (Fsp3) is 0.348. The molecule has 0 saturated carbocycles. The summed E-state index contributed by atoms with van der Waals surface area (Å²) in [5.74, 6) is 2.18. The van der Waals surface area contributed by atoms with Gasteiger partial charge in [-0.2, -0.15) is 5.10 Å². The summed E-state index contributed by atoms with van der Waals surface area (Å²) >= 11 is 0. The Balaban J connectivity index is 1.33. The third-order valence-electron chi connectivity index (χ3n) is 5.75. The van der Waals surface area contributed by atoms with E-state index in [-0.39, 0.29) is 0 Å². The third kappa shape index (κ3) is 3.38. The number of nitrogens with one attached hydrogen (secondary N) is 1. The highest BCUT2D eigenvalue weighted by atomic mass is 16.7. The summed E-state index contributed by atoms with van der Waals surface area (Å²) in [6, 6.07) is 14.9. The van der Waals surface area contributed by atoms with Crippen LogP contribution in [0, 0.1) is 6.92 Å². The van der Waals surface area contributed by atoms with Gasteiger partial charge in [0.15, 0.2) is 11.5 Å². The first-order valence-electron chi connectivity index (χ1n) is 9.97. The first-order valence-corrected chi connectivity index (χ1v) is 9.97. The number of H-pyrrole nitrogens is 1. The molecule has 5 nitrogen and oxygen atoms in total. The minimum atomic E-state index is 0.326. The van der Waals surface area contributed by atoms with Gasteiger partial charge in [0.25, 0.3) is 0 Å². The Morgan fingerprint density at radius 2 is 2.07 bits per heavy atom. The van der Waals surface area contributed by atoms with E-state index >= 15 is 0 Å². The van der Waals surface area contributed by atoms with Crippen LogP contribution >= 0.6 is 0 Å². The lowest BCUT2D eigenvalue weighted by Gasteiger charge is -2.32. The first kappa shape index (κ1) is 17.3. The zero-order valence-electron chi connectivity index (χ0n) is 16.1. The Morgan fingerprint density at radius 3 is 3.00 bits per heavy atom. The van der Waals surface area contributed by atoms with Gasteiger partial charge in [-0.25, -0.2) is 0 Å². The number of likely N-dealkylation sites (tertiary alicyclic amines) is 1. The fourth-order valence-electron chi connectivity index (χ4n) is 4.38. The maximum atomic E-state index is 5.53. The van der Waals surface area contributed by atoms with E-state index in [2.05, 4.69) is 58.4 Å². The van der Waals surface area contributed by atoms with Crippen LogP contribution in [0.25, 0.3) is 11.1 Å². The Labute approximate surface area is 165 Å². The summed E-state index contributed by atoms with van der Waals surface area (Å²) in [7, 11) is 0. The molecule has 144 valence electrons. The van der Waals surface area contributed by atoms with Crippen molar-refractivity contribution in [2.24, 2.45) is 0 Å². The van der Waals surface area contributed by atoms with Crippen molar-refractivity contribution in [2.45, 2.75) is 32.2 Å². The number of ether oxygens (including phenoxy) is 2. The van der Waals surface area contributed by atoms with Gasteiger partial charge in [-0.1, -0.05) is 35.9 Å². The second-order valence-corrected chi connectivity index (χ2v) is 7.83. The summed E-state index contributed by atoms with van der Waals surface area (Å²) in [4.78, 5) is 2.53. The zero-order valence-corrected chi connectivity index (χ0v) is 16.1. The van der Waals surface area contributed by atoms with Crippen LogP contribution < -0.4 is 9.47 Å². The molecule has 1 saturated heterocycles. The van der Waals surface area contributed by atoms with E-state index < -0.39 is 0 Å². The van der Waals surface area contributed by atoms with Gasteiger partial charge in [-0.05, 0) is 49.6 Å². The van der Waals surface area contributed by atoms with Crippen LogP contribution in [0.1, 0.15) is 35.6 Å². The van der Waals surface area contributed by atoms with Crippen LogP contribution in [0.5, 0.6) is 11.5 Å². The summed E-state index contributed by atoms with van der Waals surface area (Å²) in [6.07, 6.45) is 4.36. The van der Waals surface area contributed by atoms with Crippen LogP contribution in [0.3, 0.4) is 0 Å². The second-order valence-electron chi connectivity index (χ2n) is 7.83. The van der Waals surface area contributed by atoms with Crippen LogP contribution in [0.4, 0.5) is 0 Å². The molecule has 3 aromatic rings. The van der Waals surface area contributed by atoms with Crippen LogP contribution in [0.15, 0.2) is 48.7 Å². The van der Waals surface area contributed by atoms with E-state index in [9.17, 15) is 0 Å². The van der Waals surface area contributed by atoms with Gasteiger partial charge < -0.3 is 9.47 Å². The first-order chi connectivity index (χ1) is 13.8. The molecule has 28 heavy (non-hydrogen) atoms. The number of nitrogens with zero attached hydrogens (tertiary/aromatic N) is 2. The van der Waals surface area contributed by atoms with Crippen molar-refractivity contribution in [3.05, 3.63) is 65.5 Å². The van der Waals surface area contributed by atoms with Crippen LogP contribution in [0.2, 0.25) is 0 Å². The summed E-state index contributed by atoms with van der Waals surface area (Å²) < 4.78 is 11.0. The van der Waals surface area contributed by atoms with E-state index in [1.54, 1.807) is 0 Å². The van der Waals surface area contributed by atoms with Gasteiger partial charge in [0.1, 0.15) is 0 Å². The van der Waals surface area contributed by atoms with E-state index in [1.165, 1.54) is 40.8 Å². The molecule has 1 unspecified atom stereocenters. The molecule has 1 atom stereocenters. The molecule has 5 rings (SSSR count). The average molecular weight is 375 g/mol. The number of aromatic amines is 1. The molecule has 0 spiro atoms. The number of aryl methyl sites for hydroxylation is 1. The van der Waals surface area contributed by atoms with E-state index in [1.807, 2.05) is 12.3 Å². The molecule has 1 aromatic heterocycles. The second kappa shape index (κ2) is 7.32. The van der Waals surface area contributed by atoms with Crippen molar-refractivity contribution in [1.82, 2.24) is 15.1 Å². The number of hydrogen-bond donors (Lipinski definition) is 1. The Hall–Kier alpha value is -2.79. The maximum absolute atomic E-state index is 5.53. The van der Waals surface area contributed by atoms with Crippen LogP contribution in [-0.4, -0.2) is 35.0 Å². The lowest BCUT2D eigenvalue weighted by atomic mass is 9.90. The minimum absolute atomic E-state index is 0.326. The molecule has 0 aliphatic carbocycles. The molecular formula is C23H25N3O2. The van der Waals surface area contributed by atoms with Gasteiger partial charge >= 0.3 is 0 Å². The summed E-state index contributed by atoms with van der Waals surface area (Å²) in [5, 5.41) is 7.68. The number of benzene rings is 2. The molecule has 0 amide bonds. The van der Waals surface area contributed by atoms with Crippen molar-refractivity contribution in [3.63, 3.8) is 0 Å². The third-order valence-corrected chi connectivity index (χ3v) is 5.75. The fourth-order valence-corrected chi connectivity index (χ4v) is 4.38. The molecule has 2 aliphatic rings. The van der Waals surface area contributed by atoms with E-state index in [4.69, 9.17) is 9.47 Å². The molecule has 0 bridgehead atoms. The van der Waals surface area contributed by atoms with E-state index in [0.717, 1.165) is 31.1 Å². The van der Waals surface area contributed by atoms with Gasteiger partial charge in [-0.3, -0.25) is 10.00 Å². The number of hydrogen-bond acceptors (Lipinski definition) is 4. The SMILES string of the molecule is Cc1cccc(-c2cn[nH]c2C2CCCN(Cc3ccc4c(c3)OCO4)C2)c1. The molecule has 2 aromatic carbocycles. The molecule has 3 heterocycles.